The Hall–Kier alpha value is -1.80. The molecule has 90 valence electrons. The minimum Gasteiger partial charge on any atom is -0.363 e. The van der Waals surface area contributed by atoms with Gasteiger partial charge < -0.3 is 5.32 Å². The molecular formula is C9H11FN6S. The lowest BCUT2D eigenvalue weighted by Gasteiger charge is -2.06. The lowest BCUT2D eigenvalue weighted by molar-refractivity contribution is 0.617. The molecule has 0 bridgehead atoms. The number of aromatic nitrogens is 3. The molecule has 0 aromatic carbocycles. The predicted octanol–water partition coefficient (Wildman–Crippen LogP) is 1.28. The molecule has 6 nitrogen and oxygen atoms in total. The molecule has 8 heteroatoms. The van der Waals surface area contributed by atoms with Gasteiger partial charge in [0.1, 0.15) is 0 Å². The van der Waals surface area contributed by atoms with Crippen LogP contribution in [0.3, 0.4) is 0 Å². The van der Waals surface area contributed by atoms with Crippen LogP contribution in [-0.2, 0) is 6.54 Å². The van der Waals surface area contributed by atoms with Crippen LogP contribution in [0.15, 0.2) is 11.7 Å². The van der Waals surface area contributed by atoms with E-state index in [9.17, 15) is 4.39 Å². The maximum Gasteiger partial charge on any atom is 0.239 e. The predicted molar refractivity (Wildman–Crippen MR) is 64.0 cm³/mol. The quantitative estimate of drug-likeness (QED) is 0.562. The summed E-state index contributed by atoms with van der Waals surface area (Å²) in [4.78, 5) is 12.7. The molecule has 0 fully saturated rings. The zero-order valence-corrected chi connectivity index (χ0v) is 9.88. The summed E-state index contributed by atoms with van der Waals surface area (Å²) in [6.07, 6.45) is 1.06. The molecule has 0 aliphatic heterocycles. The smallest absolute Gasteiger partial charge is 0.239 e. The van der Waals surface area contributed by atoms with Crippen molar-refractivity contribution in [1.29, 1.82) is 0 Å². The van der Waals surface area contributed by atoms with Crippen molar-refractivity contribution in [3.05, 3.63) is 28.1 Å². The Balaban J connectivity index is 2.11. The number of rotatable bonds is 4. The Morgan fingerprint density at radius 3 is 2.94 bits per heavy atom. The van der Waals surface area contributed by atoms with E-state index < -0.39 is 5.82 Å². The fraction of sp³-hybridized carbons (Fsp3) is 0.222. The molecule has 0 aliphatic rings. The minimum atomic E-state index is -0.522. The average molecular weight is 254 g/mol. The number of hydrazine groups is 1. The fourth-order valence-corrected chi connectivity index (χ4v) is 1.94. The van der Waals surface area contributed by atoms with Crippen LogP contribution in [0.5, 0.6) is 0 Å². The van der Waals surface area contributed by atoms with Gasteiger partial charge in [-0.1, -0.05) is 0 Å². The van der Waals surface area contributed by atoms with Gasteiger partial charge in [-0.2, -0.15) is 4.98 Å². The van der Waals surface area contributed by atoms with E-state index >= 15 is 0 Å². The highest BCUT2D eigenvalue weighted by Crippen LogP contribution is 2.16. The number of nitrogens with one attached hydrogen (secondary N) is 2. The van der Waals surface area contributed by atoms with Gasteiger partial charge in [-0.3, -0.25) is 5.43 Å². The van der Waals surface area contributed by atoms with Gasteiger partial charge in [-0.05, 0) is 6.92 Å². The van der Waals surface area contributed by atoms with Gasteiger partial charge in [0, 0.05) is 4.88 Å². The van der Waals surface area contributed by atoms with Crippen molar-refractivity contribution in [3.63, 3.8) is 0 Å². The highest BCUT2D eigenvalue weighted by molar-refractivity contribution is 7.09. The van der Waals surface area contributed by atoms with E-state index in [2.05, 4.69) is 25.7 Å². The van der Waals surface area contributed by atoms with Crippen LogP contribution in [0.1, 0.15) is 10.6 Å². The summed E-state index contributed by atoms with van der Waals surface area (Å²) in [5.41, 5.74) is 4.93. The number of nitrogens with zero attached hydrogens (tertiary/aromatic N) is 3. The zero-order chi connectivity index (χ0) is 12.3. The van der Waals surface area contributed by atoms with Crippen molar-refractivity contribution in [1.82, 2.24) is 15.0 Å². The van der Waals surface area contributed by atoms with Crippen LogP contribution in [0.4, 0.5) is 16.2 Å². The molecule has 2 heterocycles. The summed E-state index contributed by atoms with van der Waals surface area (Å²) < 4.78 is 13.4. The molecule has 0 amide bonds. The molecule has 0 spiro atoms. The van der Waals surface area contributed by atoms with Crippen LogP contribution in [0.2, 0.25) is 0 Å². The minimum absolute atomic E-state index is 0.112. The fourth-order valence-electron chi connectivity index (χ4n) is 1.22. The highest BCUT2D eigenvalue weighted by Gasteiger charge is 2.07. The normalized spacial score (nSPS) is 10.3. The maximum absolute atomic E-state index is 13.4. The van der Waals surface area contributed by atoms with Crippen molar-refractivity contribution in [2.45, 2.75) is 13.5 Å². The number of thiazole rings is 1. The molecule has 0 aliphatic carbocycles. The summed E-state index contributed by atoms with van der Waals surface area (Å²) in [5, 5.41) is 2.88. The van der Waals surface area contributed by atoms with E-state index in [0.29, 0.717) is 6.54 Å². The highest BCUT2D eigenvalue weighted by atomic mass is 32.1. The number of anilines is 2. The molecular weight excluding hydrogens is 243 g/mol. The molecule has 0 saturated heterocycles. The lowest BCUT2D eigenvalue weighted by Crippen LogP contribution is -2.12. The van der Waals surface area contributed by atoms with Crippen LogP contribution >= 0.6 is 11.3 Å². The number of halogens is 1. The molecule has 2 aromatic heterocycles. The SMILES string of the molecule is Cc1ncsc1CNc1nc(NN)ncc1F. The number of hydrogen-bond acceptors (Lipinski definition) is 7. The Bertz CT molecular complexity index is 514. The van der Waals surface area contributed by atoms with Crippen LogP contribution in [-0.4, -0.2) is 15.0 Å². The molecule has 0 unspecified atom stereocenters. The van der Waals surface area contributed by atoms with E-state index in [1.165, 1.54) is 11.3 Å². The van der Waals surface area contributed by atoms with Crippen molar-refractivity contribution in [3.8, 4) is 0 Å². The van der Waals surface area contributed by atoms with Crippen LogP contribution < -0.4 is 16.6 Å². The summed E-state index contributed by atoms with van der Waals surface area (Å²) in [7, 11) is 0. The first kappa shape index (κ1) is 11.7. The molecule has 0 radical (unpaired) electrons. The Labute approximate surface area is 101 Å². The molecule has 0 atom stereocenters. The van der Waals surface area contributed by atoms with Gasteiger partial charge in [0.15, 0.2) is 11.6 Å². The Morgan fingerprint density at radius 1 is 1.47 bits per heavy atom. The molecule has 17 heavy (non-hydrogen) atoms. The van der Waals surface area contributed by atoms with Gasteiger partial charge in [-0.15, -0.1) is 11.3 Å². The van der Waals surface area contributed by atoms with E-state index in [0.717, 1.165) is 16.8 Å². The summed E-state index contributed by atoms with van der Waals surface area (Å²) in [5.74, 6) is 4.90. The summed E-state index contributed by atoms with van der Waals surface area (Å²) in [6.45, 7) is 2.37. The van der Waals surface area contributed by atoms with Gasteiger partial charge in [0.25, 0.3) is 0 Å². The van der Waals surface area contributed by atoms with Crippen molar-refractivity contribution in [2.24, 2.45) is 5.84 Å². The standard InChI is InChI=1S/C9H11FN6S/c1-5-7(17-4-14-5)3-12-8-6(10)2-13-9(15-8)16-11/h2,4H,3,11H2,1H3,(H2,12,13,15,16). The van der Waals surface area contributed by atoms with Crippen molar-refractivity contribution >= 4 is 23.1 Å². The lowest BCUT2D eigenvalue weighted by atomic mass is 10.4. The monoisotopic (exact) mass is 254 g/mol. The molecule has 2 rings (SSSR count). The van der Waals surface area contributed by atoms with Crippen molar-refractivity contribution in [2.75, 3.05) is 10.7 Å². The molecule has 0 saturated carbocycles. The number of nitrogens with two attached hydrogens (primary N) is 1. The van der Waals surface area contributed by atoms with E-state index in [4.69, 9.17) is 5.84 Å². The maximum atomic E-state index is 13.4. The average Bonchev–Trinajstić information content (AvgIpc) is 2.74. The van der Waals surface area contributed by atoms with Gasteiger partial charge in [0.2, 0.25) is 5.95 Å². The van der Waals surface area contributed by atoms with Crippen LogP contribution in [0, 0.1) is 12.7 Å². The van der Waals surface area contributed by atoms with Gasteiger partial charge in [-0.25, -0.2) is 20.2 Å². The Morgan fingerprint density at radius 2 is 2.29 bits per heavy atom. The number of aryl methyl sites for hydroxylation is 1. The van der Waals surface area contributed by atoms with Gasteiger partial charge in [0.05, 0.1) is 23.9 Å². The van der Waals surface area contributed by atoms with Crippen molar-refractivity contribution < 1.29 is 4.39 Å². The first-order valence-electron chi connectivity index (χ1n) is 4.82. The number of hydrogen-bond donors (Lipinski definition) is 3. The largest absolute Gasteiger partial charge is 0.363 e. The first-order valence-corrected chi connectivity index (χ1v) is 5.70. The van der Waals surface area contributed by atoms with E-state index in [1.807, 2.05) is 6.92 Å². The first-order chi connectivity index (χ1) is 8.20. The third-order valence-electron chi connectivity index (χ3n) is 2.13. The van der Waals surface area contributed by atoms with Gasteiger partial charge >= 0.3 is 0 Å². The molecule has 4 N–H and O–H groups in total. The Kier molecular flexibility index (Phi) is 3.45. The summed E-state index contributed by atoms with van der Waals surface area (Å²) in [6, 6.07) is 0. The topological polar surface area (TPSA) is 88.8 Å². The van der Waals surface area contributed by atoms with Crippen LogP contribution in [0.25, 0.3) is 0 Å². The summed E-state index contributed by atoms with van der Waals surface area (Å²) >= 11 is 1.50. The second-order valence-corrected chi connectivity index (χ2v) is 4.19. The zero-order valence-electron chi connectivity index (χ0n) is 9.07. The second kappa shape index (κ2) is 5.02. The molecule has 2 aromatic rings. The third-order valence-corrected chi connectivity index (χ3v) is 3.07. The second-order valence-electron chi connectivity index (χ2n) is 3.25. The van der Waals surface area contributed by atoms with E-state index in [1.54, 1.807) is 5.51 Å². The van der Waals surface area contributed by atoms with E-state index in [-0.39, 0.29) is 11.8 Å². The third kappa shape index (κ3) is 2.66. The number of nitrogen functional groups attached to an aromatic ring is 1.